The summed E-state index contributed by atoms with van der Waals surface area (Å²) in [5.41, 5.74) is -0.646. The average Bonchev–Trinajstić information content (AvgIpc) is 2.45. The lowest BCUT2D eigenvalue weighted by atomic mass is 10.1. The van der Waals surface area contributed by atoms with Crippen LogP contribution in [0.5, 0.6) is 5.75 Å². The van der Waals surface area contributed by atoms with Gasteiger partial charge in [0.05, 0.1) is 12.7 Å². The molecule has 0 heterocycles. The Morgan fingerprint density at radius 2 is 1.76 bits per heavy atom. The summed E-state index contributed by atoms with van der Waals surface area (Å²) in [5, 5.41) is 2.61. The quantitative estimate of drug-likeness (QED) is 0.841. The summed E-state index contributed by atoms with van der Waals surface area (Å²) in [6.45, 7) is -0.0733. The van der Waals surface area contributed by atoms with E-state index in [1.165, 1.54) is 37.4 Å². The predicted octanol–water partition coefficient (Wildman–Crippen LogP) is 4.47. The molecule has 0 bridgehead atoms. The summed E-state index contributed by atoms with van der Waals surface area (Å²) < 4.78 is 57.3. The summed E-state index contributed by atoms with van der Waals surface area (Å²) in [4.78, 5) is 0. The Labute approximate surface area is 119 Å². The van der Waals surface area contributed by atoms with Crippen molar-refractivity contribution < 1.29 is 22.3 Å². The van der Waals surface area contributed by atoms with Crippen LogP contribution in [0.3, 0.4) is 0 Å². The summed E-state index contributed by atoms with van der Waals surface area (Å²) in [5.74, 6) is -0.532. The number of rotatable bonds is 4. The standard InChI is InChI=1S/C15H13F4NO/c1-21-13-8-4-5-10(14(13)16)9-20-12-7-3-2-6-11(12)15(17,18)19/h2-8,20H,9H2,1H3. The highest BCUT2D eigenvalue weighted by Crippen LogP contribution is 2.34. The Balaban J connectivity index is 2.22. The van der Waals surface area contributed by atoms with Gasteiger partial charge in [-0.15, -0.1) is 0 Å². The van der Waals surface area contributed by atoms with Gasteiger partial charge in [-0.2, -0.15) is 13.2 Å². The van der Waals surface area contributed by atoms with E-state index in [2.05, 4.69) is 5.32 Å². The number of hydrogen-bond acceptors (Lipinski definition) is 2. The molecule has 0 spiro atoms. The normalized spacial score (nSPS) is 11.3. The minimum atomic E-state index is -4.46. The zero-order valence-electron chi connectivity index (χ0n) is 11.2. The highest BCUT2D eigenvalue weighted by atomic mass is 19.4. The van der Waals surface area contributed by atoms with Crippen molar-refractivity contribution in [3.63, 3.8) is 0 Å². The number of anilines is 1. The number of para-hydroxylation sites is 1. The molecule has 2 rings (SSSR count). The third-order valence-electron chi connectivity index (χ3n) is 2.96. The SMILES string of the molecule is COc1cccc(CNc2ccccc2C(F)(F)F)c1F. The third kappa shape index (κ3) is 3.45. The van der Waals surface area contributed by atoms with Crippen molar-refractivity contribution in [1.29, 1.82) is 0 Å². The van der Waals surface area contributed by atoms with Crippen LogP contribution in [0.15, 0.2) is 42.5 Å². The Bertz CT molecular complexity index is 625. The highest BCUT2D eigenvalue weighted by Gasteiger charge is 2.33. The van der Waals surface area contributed by atoms with Gasteiger partial charge in [0.2, 0.25) is 0 Å². The van der Waals surface area contributed by atoms with Crippen LogP contribution >= 0.6 is 0 Å². The molecule has 112 valence electrons. The maximum Gasteiger partial charge on any atom is 0.418 e. The monoisotopic (exact) mass is 299 g/mol. The van der Waals surface area contributed by atoms with Gasteiger partial charge < -0.3 is 10.1 Å². The largest absolute Gasteiger partial charge is 0.494 e. The van der Waals surface area contributed by atoms with Gasteiger partial charge in [0.1, 0.15) is 0 Å². The number of alkyl halides is 3. The minimum absolute atomic E-state index is 0.0541. The van der Waals surface area contributed by atoms with Crippen molar-refractivity contribution in [1.82, 2.24) is 0 Å². The van der Waals surface area contributed by atoms with Crippen LogP contribution in [0, 0.1) is 5.82 Å². The van der Waals surface area contributed by atoms with Gasteiger partial charge >= 0.3 is 6.18 Å². The molecular formula is C15H13F4NO. The maximum atomic E-state index is 13.9. The fourth-order valence-electron chi connectivity index (χ4n) is 1.93. The zero-order chi connectivity index (χ0) is 15.5. The van der Waals surface area contributed by atoms with Crippen molar-refractivity contribution in [3.05, 3.63) is 59.4 Å². The molecule has 0 saturated heterocycles. The lowest BCUT2D eigenvalue weighted by Gasteiger charge is -2.15. The van der Waals surface area contributed by atoms with Gasteiger partial charge in [-0.1, -0.05) is 24.3 Å². The number of ether oxygens (including phenoxy) is 1. The first-order chi connectivity index (χ1) is 9.93. The van der Waals surface area contributed by atoms with Crippen LogP contribution in [0.2, 0.25) is 0 Å². The summed E-state index contributed by atoms with van der Waals surface area (Å²) >= 11 is 0. The molecule has 0 aromatic heterocycles. The molecule has 0 radical (unpaired) electrons. The predicted molar refractivity (Wildman–Crippen MR) is 71.7 cm³/mol. The van der Waals surface area contributed by atoms with Crippen LogP contribution in [0.1, 0.15) is 11.1 Å². The van der Waals surface area contributed by atoms with Crippen LogP contribution in [0.4, 0.5) is 23.2 Å². The minimum Gasteiger partial charge on any atom is -0.494 e. The van der Waals surface area contributed by atoms with Crippen LogP contribution in [0.25, 0.3) is 0 Å². The maximum absolute atomic E-state index is 13.9. The van der Waals surface area contributed by atoms with Crippen LogP contribution in [-0.2, 0) is 12.7 Å². The number of methoxy groups -OCH3 is 1. The van der Waals surface area contributed by atoms with E-state index >= 15 is 0 Å². The second-order valence-corrected chi connectivity index (χ2v) is 4.33. The summed E-state index contributed by atoms with van der Waals surface area (Å²) in [6, 6.07) is 9.59. The molecule has 0 atom stereocenters. The molecule has 2 aromatic carbocycles. The van der Waals surface area contributed by atoms with Crippen molar-refractivity contribution in [2.75, 3.05) is 12.4 Å². The Morgan fingerprint density at radius 1 is 1.05 bits per heavy atom. The molecule has 0 aliphatic rings. The smallest absolute Gasteiger partial charge is 0.418 e. The van der Waals surface area contributed by atoms with Crippen molar-refractivity contribution >= 4 is 5.69 Å². The van der Waals surface area contributed by atoms with E-state index in [0.717, 1.165) is 6.07 Å². The highest BCUT2D eigenvalue weighted by molar-refractivity contribution is 5.53. The lowest BCUT2D eigenvalue weighted by Crippen LogP contribution is -2.11. The molecule has 2 aromatic rings. The van der Waals surface area contributed by atoms with E-state index in [0.29, 0.717) is 0 Å². The first-order valence-corrected chi connectivity index (χ1v) is 6.15. The molecule has 0 amide bonds. The molecule has 2 nitrogen and oxygen atoms in total. The van der Waals surface area contributed by atoms with Gasteiger partial charge in [0.15, 0.2) is 11.6 Å². The molecule has 0 unspecified atom stereocenters. The zero-order valence-corrected chi connectivity index (χ0v) is 11.2. The second-order valence-electron chi connectivity index (χ2n) is 4.33. The van der Waals surface area contributed by atoms with Gasteiger partial charge in [0.25, 0.3) is 0 Å². The fourth-order valence-corrected chi connectivity index (χ4v) is 1.93. The Morgan fingerprint density at radius 3 is 2.43 bits per heavy atom. The van der Waals surface area contributed by atoms with Crippen LogP contribution in [-0.4, -0.2) is 7.11 Å². The number of benzene rings is 2. The van der Waals surface area contributed by atoms with Crippen LogP contribution < -0.4 is 10.1 Å². The molecule has 1 N–H and O–H groups in total. The first-order valence-electron chi connectivity index (χ1n) is 6.15. The molecule has 0 fully saturated rings. The average molecular weight is 299 g/mol. The number of halogens is 4. The first kappa shape index (κ1) is 15.2. The van der Waals surface area contributed by atoms with Gasteiger partial charge in [-0.25, -0.2) is 4.39 Å². The molecule has 21 heavy (non-hydrogen) atoms. The Kier molecular flexibility index (Phi) is 4.35. The van der Waals surface area contributed by atoms with Crippen molar-refractivity contribution in [3.8, 4) is 5.75 Å². The summed E-state index contributed by atoms with van der Waals surface area (Å²) in [6.07, 6.45) is -4.46. The van der Waals surface area contributed by atoms with E-state index in [4.69, 9.17) is 4.74 Å². The van der Waals surface area contributed by atoms with Gasteiger partial charge in [-0.3, -0.25) is 0 Å². The van der Waals surface area contributed by atoms with E-state index in [1.807, 2.05) is 0 Å². The van der Waals surface area contributed by atoms with Crippen molar-refractivity contribution in [2.45, 2.75) is 12.7 Å². The topological polar surface area (TPSA) is 21.3 Å². The fraction of sp³-hybridized carbons (Fsp3) is 0.200. The number of hydrogen-bond donors (Lipinski definition) is 1. The second kappa shape index (κ2) is 6.03. The van der Waals surface area contributed by atoms with E-state index in [9.17, 15) is 17.6 Å². The lowest BCUT2D eigenvalue weighted by molar-refractivity contribution is -0.136. The molecule has 0 saturated carbocycles. The van der Waals surface area contributed by atoms with Crippen molar-refractivity contribution in [2.24, 2.45) is 0 Å². The van der Waals surface area contributed by atoms with E-state index in [1.54, 1.807) is 6.07 Å². The van der Waals surface area contributed by atoms with E-state index in [-0.39, 0.29) is 23.5 Å². The third-order valence-corrected chi connectivity index (χ3v) is 2.96. The molecular weight excluding hydrogens is 286 g/mol. The summed E-state index contributed by atoms with van der Waals surface area (Å²) in [7, 11) is 1.33. The molecule has 0 aliphatic carbocycles. The van der Waals surface area contributed by atoms with Gasteiger partial charge in [-0.05, 0) is 18.2 Å². The Hall–Kier alpha value is -2.24. The molecule has 0 aliphatic heterocycles. The molecule has 6 heteroatoms. The van der Waals surface area contributed by atoms with Gasteiger partial charge in [0, 0.05) is 17.8 Å². The van der Waals surface area contributed by atoms with E-state index < -0.39 is 17.6 Å². The number of nitrogens with one attached hydrogen (secondary N) is 1.